The number of rotatable bonds is 2. The molecule has 0 atom stereocenters. The minimum Gasteiger partial charge on any atom is -0.384 e. The predicted molar refractivity (Wildman–Crippen MR) is 96.9 cm³/mol. The summed E-state index contributed by atoms with van der Waals surface area (Å²) < 4.78 is 0.818. The number of halogens is 1. The second kappa shape index (κ2) is 5.79. The molecule has 2 amide bonds. The van der Waals surface area contributed by atoms with Gasteiger partial charge in [0.05, 0.1) is 5.57 Å². The summed E-state index contributed by atoms with van der Waals surface area (Å²) in [5.74, 6) is -0.774. The molecule has 0 aromatic heterocycles. The fourth-order valence-corrected chi connectivity index (χ4v) is 3.35. The van der Waals surface area contributed by atoms with Crippen molar-refractivity contribution in [3.05, 3.63) is 63.8 Å². The largest absolute Gasteiger partial charge is 0.384 e. The summed E-state index contributed by atoms with van der Waals surface area (Å²) in [6.45, 7) is 0.950. The molecule has 120 valence electrons. The second-order valence-corrected chi connectivity index (χ2v) is 6.64. The van der Waals surface area contributed by atoms with Crippen LogP contribution in [0.15, 0.2) is 47.1 Å². The molecule has 2 aliphatic heterocycles. The summed E-state index contributed by atoms with van der Waals surface area (Å²) in [4.78, 5) is 24.2. The van der Waals surface area contributed by atoms with E-state index in [0.717, 1.165) is 28.8 Å². The van der Waals surface area contributed by atoms with Gasteiger partial charge in [-0.1, -0.05) is 15.9 Å². The maximum Gasteiger partial charge on any atom is 0.260 e. The van der Waals surface area contributed by atoms with Crippen molar-refractivity contribution in [3.63, 3.8) is 0 Å². The van der Waals surface area contributed by atoms with E-state index in [1.807, 2.05) is 12.1 Å². The number of fused-ring (bicyclic) bond motifs is 2. The number of benzene rings is 2. The predicted octanol–water partition coefficient (Wildman–Crippen LogP) is 3.14. The summed E-state index contributed by atoms with van der Waals surface area (Å²) in [7, 11) is 0. The molecular formula is C18H14BrN3O2. The van der Waals surface area contributed by atoms with E-state index in [9.17, 15) is 9.59 Å². The Hall–Kier alpha value is -2.60. The highest BCUT2D eigenvalue weighted by Gasteiger charge is 2.27. The van der Waals surface area contributed by atoms with Gasteiger partial charge >= 0.3 is 0 Å². The summed E-state index contributed by atoms with van der Waals surface area (Å²) in [5.41, 5.74) is 4.86. The maximum atomic E-state index is 12.2. The van der Waals surface area contributed by atoms with E-state index in [4.69, 9.17) is 0 Å². The van der Waals surface area contributed by atoms with Crippen molar-refractivity contribution in [1.82, 2.24) is 5.32 Å². The highest BCUT2D eigenvalue weighted by Crippen LogP contribution is 2.29. The van der Waals surface area contributed by atoms with Crippen LogP contribution < -0.4 is 16.0 Å². The lowest BCUT2D eigenvalue weighted by Gasteiger charge is -2.18. The van der Waals surface area contributed by atoms with Crippen LogP contribution in [-0.2, 0) is 11.2 Å². The van der Waals surface area contributed by atoms with E-state index in [1.165, 1.54) is 5.56 Å². The molecule has 6 heteroatoms. The molecule has 2 aromatic rings. The van der Waals surface area contributed by atoms with Gasteiger partial charge < -0.3 is 10.6 Å². The molecule has 0 bridgehead atoms. The van der Waals surface area contributed by atoms with Gasteiger partial charge in [0.1, 0.15) is 0 Å². The van der Waals surface area contributed by atoms with E-state index < -0.39 is 5.91 Å². The molecule has 0 saturated carbocycles. The molecule has 4 rings (SSSR count). The van der Waals surface area contributed by atoms with Crippen LogP contribution >= 0.6 is 15.9 Å². The summed E-state index contributed by atoms with van der Waals surface area (Å²) >= 11 is 3.39. The molecule has 0 spiro atoms. The van der Waals surface area contributed by atoms with Gasteiger partial charge in [0.15, 0.2) is 0 Å². The third-order valence-electron chi connectivity index (χ3n) is 4.19. The Bertz CT molecular complexity index is 905. The van der Waals surface area contributed by atoms with E-state index >= 15 is 0 Å². The Morgan fingerprint density at radius 3 is 2.79 bits per heavy atom. The lowest BCUT2D eigenvalue weighted by atomic mass is 9.95. The Morgan fingerprint density at radius 2 is 1.92 bits per heavy atom. The monoisotopic (exact) mass is 383 g/mol. The SMILES string of the molecule is O=C1NC(=O)c2ccc(Br)cc2C1=CNc1ccc2c(c1)CCN2. The lowest BCUT2D eigenvalue weighted by Crippen LogP contribution is -2.36. The number of hydrogen-bond acceptors (Lipinski definition) is 4. The Labute approximate surface area is 147 Å². The second-order valence-electron chi connectivity index (χ2n) is 5.72. The van der Waals surface area contributed by atoms with Crippen LogP contribution in [0, 0.1) is 0 Å². The zero-order valence-electron chi connectivity index (χ0n) is 12.7. The number of carbonyl (C=O) groups excluding carboxylic acids is 2. The summed E-state index contributed by atoms with van der Waals surface area (Å²) in [6, 6.07) is 11.3. The van der Waals surface area contributed by atoms with Crippen LogP contribution in [0.4, 0.5) is 11.4 Å². The van der Waals surface area contributed by atoms with Crippen LogP contribution in [0.5, 0.6) is 0 Å². The normalized spacial score (nSPS) is 17.1. The Morgan fingerprint density at radius 1 is 1.04 bits per heavy atom. The molecule has 0 aliphatic carbocycles. The molecule has 2 aromatic carbocycles. The van der Waals surface area contributed by atoms with Crippen molar-refractivity contribution in [1.29, 1.82) is 0 Å². The Kier molecular flexibility index (Phi) is 3.61. The molecule has 3 N–H and O–H groups in total. The number of hydrogen-bond donors (Lipinski definition) is 3. The van der Waals surface area contributed by atoms with Gasteiger partial charge in [-0.2, -0.15) is 0 Å². The molecule has 0 saturated heterocycles. The maximum absolute atomic E-state index is 12.2. The summed E-state index contributed by atoms with van der Waals surface area (Å²) in [5, 5.41) is 8.86. The number of imide groups is 1. The van der Waals surface area contributed by atoms with E-state index in [1.54, 1.807) is 24.4 Å². The zero-order chi connectivity index (χ0) is 16.7. The van der Waals surface area contributed by atoms with Gasteiger partial charge in [-0.05, 0) is 48.4 Å². The van der Waals surface area contributed by atoms with Crippen molar-refractivity contribution < 1.29 is 9.59 Å². The van der Waals surface area contributed by atoms with Gasteiger partial charge in [-0.15, -0.1) is 0 Å². The van der Waals surface area contributed by atoms with E-state index in [0.29, 0.717) is 16.7 Å². The van der Waals surface area contributed by atoms with Crippen molar-refractivity contribution in [2.45, 2.75) is 6.42 Å². The van der Waals surface area contributed by atoms with Crippen LogP contribution in [0.3, 0.4) is 0 Å². The smallest absolute Gasteiger partial charge is 0.260 e. The average Bonchev–Trinajstić information content (AvgIpc) is 3.02. The quantitative estimate of drug-likeness (QED) is 0.550. The van der Waals surface area contributed by atoms with Crippen LogP contribution in [0.1, 0.15) is 21.5 Å². The first-order valence-corrected chi connectivity index (χ1v) is 8.40. The molecule has 2 heterocycles. The lowest BCUT2D eigenvalue weighted by molar-refractivity contribution is -0.114. The first kappa shape index (κ1) is 15.0. The van der Waals surface area contributed by atoms with E-state index in [2.05, 4.69) is 37.9 Å². The highest BCUT2D eigenvalue weighted by atomic mass is 79.9. The third-order valence-corrected chi connectivity index (χ3v) is 4.68. The van der Waals surface area contributed by atoms with Crippen molar-refractivity contribution in [3.8, 4) is 0 Å². The fourth-order valence-electron chi connectivity index (χ4n) is 2.99. The van der Waals surface area contributed by atoms with Crippen LogP contribution in [-0.4, -0.2) is 18.4 Å². The molecule has 0 radical (unpaired) electrons. The van der Waals surface area contributed by atoms with Gasteiger partial charge in [0.2, 0.25) is 0 Å². The van der Waals surface area contributed by atoms with E-state index in [-0.39, 0.29) is 5.91 Å². The molecule has 0 fully saturated rings. The third kappa shape index (κ3) is 2.59. The standard InChI is InChI=1S/C18H14BrN3O2/c19-11-1-3-13-14(8-11)15(18(24)22-17(13)23)9-21-12-2-4-16-10(7-12)5-6-20-16/h1-4,7-9,20-21H,5-6H2,(H,22,23,24). The van der Waals surface area contributed by atoms with Gasteiger partial charge in [-0.3, -0.25) is 14.9 Å². The number of nitrogens with one attached hydrogen (secondary N) is 3. The van der Waals surface area contributed by atoms with Gasteiger partial charge in [0.25, 0.3) is 11.8 Å². The first-order valence-electron chi connectivity index (χ1n) is 7.61. The minimum absolute atomic E-state index is 0.372. The van der Waals surface area contributed by atoms with Crippen molar-refractivity contribution in [2.24, 2.45) is 0 Å². The van der Waals surface area contributed by atoms with Gasteiger partial charge in [-0.25, -0.2) is 0 Å². The average molecular weight is 384 g/mol. The van der Waals surface area contributed by atoms with Crippen LogP contribution in [0.2, 0.25) is 0 Å². The number of anilines is 2. The topological polar surface area (TPSA) is 70.2 Å². The fraction of sp³-hybridized carbons (Fsp3) is 0.111. The van der Waals surface area contributed by atoms with Crippen molar-refractivity contribution >= 4 is 44.7 Å². The number of carbonyl (C=O) groups is 2. The molecule has 0 unspecified atom stereocenters. The van der Waals surface area contributed by atoms with Gasteiger partial charge in [0, 0.05) is 39.7 Å². The van der Waals surface area contributed by atoms with Crippen LogP contribution in [0.25, 0.3) is 5.57 Å². The molecule has 5 nitrogen and oxygen atoms in total. The molecular weight excluding hydrogens is 370 g/mol. The Balaban J connectivity index is 1.69. The zero-order valence-corrected chi connectivity index (χ0v) is 14.2. The number of amides is 2. The first-order chi connectivity index (χ1) is 11.6. The molecule has 2 aliphatic rings. The highest BCUT2D eigenvalue weighted by molar-refractivity contribution is 9.10. The minimum atomic E-state index is -0.402. The van der Waals surface area contributed by atoms with Crippen molar-refractivity contribution in [2.75, 3.05) is 17.2 Å². The summed E-state index contributed by atoms with van der Waals surface area (Å²) in [6.07, 6.45) is 2.64. The molecule has 24 heavy (non-hydrogen) atoms.